The standard InChI is InChI=1S/C11H25N3/c1-13(2)10-11-4-8-14(9-5-11)7-3-6-12/h11H,3-10,12H2,1-2H3. The molecule has 1 heterocycles. The first-order chi connectivity index (χ1) is 6.72. The van der Waals surface area contributed by atoms with E-state index in [0.717, 1.165) is 18.9 Å². The lowest BCUT2D eigenvalue weighted by Crippen LogP contribution is -2.38. The zero-order valence-corrected chi connectivity index (χ0v) is 9.71. The molecule has 1 aliphatic heterocycles. The van der Waals surface area contributed by atoms with Crippen LogP contribution in [0.3, 0.4) is 0 Å². The highest BCUT2D eigenvalue weighted by Crippen LogP contribution is 2.17. The van der Waals surface area contributed by atoms with Gasteiger partial charge in [0.25, 0.3) is 0 Å². The molecule has 0 aromatic carbocycles. The van der Waals surface area contributed by atoms with E-state index in [1.165, 1.54) is 39.0 Å². The summed E-state index contributed by atoms with van der Waals surface area (Å²) < 4.78 is 0. The molecule has 0 amide bonds. The van der Waals surface area contributed by atoms with Crippen LogP contribution < -0.4 is 5.73 Å². The van der Waals surface area contributed by atoms with Gasteiger partial charge >= 0.3 is 0 Å². The van der Waals surface area contributed by atoms with Gasteiger partial charge in [0.15, 0.2) is 0 Å². The second-order valence-electron chi connectivity index (χ2n) is 4.69. The Morgan fingerprint density at radius 2 is 1.93 bits per heavy atom. The molecule has 2 N–H and O–H groups in total. The molecule has 84 valence electrons. The molecule has 0 saturated carbocycles. The largest absolute Gasteiger partial charge is 0.330 e. The predicted molar refractivity (Wildman–Crippen MR) is 61.4 cm³/mol. The van der Waals surface area contributed by atoms with Crippen molar-refractivity contribution in [1.29, 1.82) is 0 Å². The van der Waals surface area contributed by atoms with E-state index in [0.29, 0.717) is 0 Å². The highest BCUT2D eigenvalue weighted by Gasteiger charge is 2.18. The molecule has 1 aliphatic rings. The monoisotopic (exact) mass is 199 g/mol. The third-order valence-corrected chi connectivity index (χ3v) is 3.01. The first-order valence-electron chi connectivity index (χ1n) is 5.79. The van der Waals surface area contributed by atoms with Crippen molar-refractivity contribution >= 4 is 0 Å². The normalized spacial score (nSPS) is 20.6. The Morgan fingerprint density at radius 3 is 2.43 bits per heavy atom. The molecule has 3 nitrogen and oxygen atoms in total. The maximum absolute atomic E-state index is 5.51. The fraction of sp³-hybridized carbons (Fsp3) is 1.00. The van der Waals surface area contributed by atoms with Gasteiger partial charge in [0.1, 0.15) is 0 Å². The van der Waals surface area contributed by atoms with Gasteiger partial charge in [-0.15, -0.1) is 0 Å². The van der Waals surface area contributed by atoms with Gasteiger partial charge in [0.2, 0.25) is 0 Å². The maximum Gasteiger partial charge on any atom is 0.000451 e. The maximum atomic E-state index is 5.51. The van der Waals surface area contributed by atoms with Gasteiger partial charge in [-0.05, 0) is 65.5 Å². The zero-order chi connectivity index (χ0) is 10.4. The Balaban J connectivity index is 2.11. The van der Waals surface area contributed by atoms with Crippen LogP contribution in [0.15, 0.2) is 0 Å². The summed E-state index contributed by atoms with van der Waals surface area (Å²) in [7, 11) is 4.33. The van der Waals surface area contributed by atoms with Gasteiger partial charge in [-0.25, -0.2) is 0 Å². The van der Waals surface area contributed by atoms with Gasteiger partial charge in [0, 0.05) is 6.54 Å². The summed E-state index contributed by atoms with van der Waals surface area (Å²) in [4.78, 5) is 4.86. The van der Waals surface area contributed by atoms with Crippen molar-refractivity contribution in [3.05, 3.63) is 0 Å². The number of nitrogens with zero attached hydrogens (tertiary/aromatic N) is 2. The average molecular weight is 199 g/mol. The molecule has 1 rings (SSSR count). The van der Waals surface area contributed by atoms with Crippen molar-refractivity contribution in [3.8, 4) is 0 Å². The van der Waals surface area contributed by atoms with E-state index in [2.05, 4.69) is 23.9 Å². The molecule has 1 fully saturated rings. The van der Waals surface area contributed by atoms with Crippen molar-refractivity contribution in [2.75, 3.05) is 46.8 Å². The first kappa shape index (κ1) is 12.0. The van der Waals surface area contributed by atoms with Gasteiger partial charge in [-0.1, -0.05) is 0 Å². The van der Waals surface area contributed by atoms with Crippen LogP contribution in [-0.2, 0) is 0 Å². The van der Waals surface area contributed by atoms with Crippen LogP contribution in [0, 0.1) is 5.92 Å². The molecule has 0 radical (unpaired) electrons. The van der Waals surface area contributed by atoms with Gasteiger partial charge in [-0.3, -0.25) is 0 Å². The second kappa shape index (κ2) is 6.38. The summed E-state index contributed by atoms with van der Waals surface area (Å²) in [6.07, 6.45) is 3.88. The fourth-order valence-electron chi connectivity index (χ4n) is 2.22. The first-order valence-corrected chi connectivity index (χ1v) is 5.79. The van der Waals surface area contributed by atoms with Crippen LogP contribution in [0.5, 0.6) is 0 Å². The number of hydrogen-bond acceptors (Lipinski definition) is 3. The highest BCUT2D eigenvalue weighted by molar-refractivity contribution is 4.73. The van der Waals surface area contributed by atoms with Crippen LogP contribution in [0.2, 0.25) is 0 Å². The minimum Gasteiger partial charge on any atom is -0.330 e. The topological polar surface area (TPSA) is 32.5 Å². The molecular formula is C11H25N3. The molecule has 0 unspecified atom stereocenters. The number of hydrogen-bond donors (Lipinski definition) is 1. The zero-order valence-electron chi connectivity index (χ0n) is 9.71. The fourth-order valence-corrected chi connectivity index (χ4v) is 2.22. The summed E-state index contributed by atoms with van der Waals surface area (Å²) in [5.74, 6) is 0.916. The Kier molecular flexibility index (Phi) is 5.45. The molecule has 0 aromatic heterocycles. The van der Waals surface area contributed by atoms with E-state index in [9.17, 15) is 0 Å². The SMILES string of the molecule is CN(C)CC1CCN(CCCN)CC1. The molecule has 0 bridgehead atoms. The second-order valence-corrected chi connectivity index (χ2v) is 4.69. The van der Waals surface area contributed by atoms with E-state index in [1.54, 1.807) is 0 Å². The van der Waals surface area contributed by atoms with E-state index >= 15 is 0 Å². The highest BCUT2D eigenvalue weighted by atomic mass is 15.1. The number of piperidine rings is 1. The lowest BCUT2D eigenvalue weighted by Gasteiger charge is -2.33. The number of nitrogens with two attached hydrogens (primary N) is 1. The summed E-state index contributed by atoms with van der Waals surface area (Å²) in [5.41, 5.74) is 5.51. The molecule has 14 heavy (non-hydrogen) atoms. The number of rotatable bonds is 5. The van der Waals surface area contributed by atoms with Crippen LogP contribution >= 0.6 is 0 Å². The lowest BCUT2D eigenvalue weighted by molar-refractivity contribution is 0.162. The third kappa shape index (κ3) is 4.40. The summed E-state index contributed by atoms with van der Waals surface area (Å²) >= 11 is 0. The molecule has 0 aromatic rings. The van der Waals surface area contributed by atoms with E-state index < -0.39 is 0 Å². The van der Waals surface area contributed by atoms with Gasteiger partial charge < -0.3 is 15.5 Å². The van der Waals surface area contributed by atoms with Crippen molar-refractivity contribution in [3.63, 3.8) is 0 Å². The van der Waals surface area contributed by atoms with E-state index in [4.69, 9.17) is 5.73 Å². The predicted octanol–water partition coefficient (Wildman–Crippen LogP) is 0.609. The third-order valence-electron chi connectivity index (χ3n) is 3.01. The molecule has 0 atom stereocenters. The Morgan fingerprint density at radius 1 is 1.29 bits per heavy atom. The van der Waals surface area contributed by atoms with E-state index in [1.807, 2.05) is 0 Å². The van der Waals surface area contributed by atoms with Crippen molar-refractivity contribution in [2.45, 2.75) is 19.3 Å². The van der Waals surface area contributed by atoms with E-state index in [-0.39, 0.29) is 0 Å². The van der Waals surface area contributed by atoms with Crippen molar-refractivity contribution in [1.82, 2.24) is 9.80 Å². The van der Waals surface area contributed by atoms with Crippen LogP contribution in [0.25, 0.3) is 0 Å². The van der Waals surface area contributed by atoms with Crippen LogP contribution in [0.1, 0.15) is 19.3 Å². The Hall–Kier alpha value is -0.120. The van der Waals surface area contributed by atoms with Crippen LogP contribution in [-0.4, -0.2) is 56.6 Å². The average Bonchev–Trinajstić information content (AvgIpc) is 2.16. The molecule has 1 saturated heterocycles. The summed E-state index contributed by atoms with van der Waals surface area (Å²) in [6.45, 7) is 5.84. The number of likely N-dealkylation sites (tertiary alicyclic amines) is 1. The molecule has 3 heteroatoms. The van der Waals surface area contributed by atoms with Gasteiger partial charge in [0.05, 0.1) is 0 Å². The Bertz CT molecular complexity index is 139. The van der Waals surface area contributed by atoms with Crippen molar-refractivity contribution in [2.24, 2.45) is 11.7 Å². The minimum atomic E-state index is 0.831. The molecule has 0 spiro atoms. The smallest absolute Gasteiger partial charge is 0.000451 e. The molecule has 0 aliphatic carbocycles. The molecular weight excluding hydrogens is 174 g/mol. The Labute approximate surface area is 88.2 Å². The summed E-state index contributed by atoms with van der Waals surface area (Å²) in [6, 6.07) is 0. The van der Waals surface area contributed by atoms with Crippen molar-refractivity contribution < 1.29 is 0 Å². The van der Waals surface area contributed by atoms with Gasteiger partial charge in [-0.2, -0.15) is 0 Å². The lowest BCUT2D eigenvalue weighted by atomic mass is 9.96. The van der Waals surface area contributed by atoms with Crippen LogP contribution in [0.4, 0.5) is 0 Å². The quantitative estimate of drug-likeness (QED) is 0.704. The minimum absolute atomic E-state index is 0.831. The summed E-state index contributed by atoms with van der Waals surface area (Å²) in [5, 5.41) is 0.